The molecule has 3 N–H and O–H groups in total. The van der Waals surface area contributed by atoms with Gasteiger partial charge in [0, 0.05) is 17.7 Å². The van der Waals surface area contributed by atoms with Gasteiger partial charge in [0.15, 0.2) is 0 Å². The molecule has 0 spiro atoms. The molecule has 0 fully saturated rings. The normalized spacial score (nSPS) is 10.4. The lowest BCUT2D eigenvalue weighted by molar-refractivity contribution is -0.116. The lowest BCUT2D eigenvalue weighted by Crippen LogP contribution is -2.11. The van der Waals surface area contributed by atoms with Gasteiger partial charge in [0.2, 0.25) is 18.2 Å². The highest BCUT2D eigenvalue weighted by molar-refractivity contribution is 5.91. The van der Waals surface area contributed by atoms with E-state index in [4.69, 9.17) is 10.2 Å². The highest BCUT2D eigenvalue weighted by Crippen LogP contribution is 2.20. The van der Waals surface area contributed by atoms with Crippen molar-refractivity contribution in [2.45, 2.75) is 25.7 Å². The molecule has 6 nitrogen and oxygen atoms in total. The number of nitrogens with zero attached hydrogens (tertiary/aromatic N) is 2. The van der Waals surface area contributed by atoms with Gasteiger partial charge in [-0.25, -0.2) is 0 Å². The van der Waals surface area contributed by atoms with Crippen LogP contribution in [-0.4, -0.2) is 22.6 Å². The number of unbranched alkanes of at least 4 members (excludes halogenated alkanes) is 2. The van der Waals surface area contributed by atoms with Gasteiger partial charge in [-0.3, -0.25) is 4.79 Å². The van der Waals surface area contributed by atoms with Crippen molar-refractivity contribution in [1.82, 2.24) is 10.2 Å². The Bertz CT molecular complexity index is 540. The van der Waals surface area contributed by atoms with E-state index in [1.807, 2.05) is 24.3 Å². The number of carbonyl (C=O) groups excluding carboxylic acids is 1. The molecule has 0 bridgehead atoms. The second kappa shape index (κ2) is 7.40. The van der Waals surface area contributed by atoms with Crippen molar-refractivity contribution in [2.24, 2.45) is 5.73 Å². The van der Waals surface area contributed by atoms with E-state index in [1.54, 1.807) is 0 Å². The number of rotatable bonds is 7. The maximum absolute atomic E-state index is 11.8. The fourth-order valence-corrected chi connectivity index (χ4v) is 1.86. The van der Waals surface area contributed by atoms with Gasteiger partial charge in [-0.05, 0) is 37.6 Å². The number of hydrogen-bond acceptors (Lipinski definition) is 5. The van der Waals surface area contributed by atoms with Gasteiger partial charge >= 0.3 is 0 Å². The summed E-state index contributed by atoms with van der Waals surface area (Å²) in [7, 11) is 0. The van der Waals surface area contributed by atoms with E-state index >= 15 is 0 Å². The zero-order chi connectivity index (χ0) is 14.2. The summed E-state index contributed by atoms with van der Waals surface area (Å²) in [6.07, 6.45) is 4.57. The lowest BCUT2D eigenvalue weighted by Gasteiger charge is -2.06. The lowest BCUT2D eigenvalue weighted by atomic mass is 10.1. The second-order valence-electron chi connectivity index (χ2n) is 4.47. The van der Waals surface area contributed by atoms with Crippen LogP contribution in [0.2, 0.25) is 0 Å². The van der Waals surface area contributed by atoms with Crippen LogP contribution in [0.1, 0.15) is 25.7 Å². The van der Waals surface area contributed by atoms with E-state index in [1.165, 1.54) is 6.39 Å². The number of hydrogen-bond donors (Lipinski definition) is 2. The van der Waals surface area contributed by atoms with Crippen molar-refractivity contribution in [2.75, 3.05) is 11.9 Å². The highest BCUT2D eigenvalue weighted by atomic mass is 16.4. The van der Waals surface area contributed by atoms with E-state index in [0.29, 0.717) is 18.9 Å². The molecule has 20 heavy (non-hydrogen) atoms. The Labute approximate surface area is 117 Å². The van der Waals surface area contributed by atoms with E-state index < -0.39 is 0 Å². The summed E-state index contributed by atoms with van der Waals surface area (Å²) >= 11 is 0. The third-order valence-corrected chi connectivity index (χ3v) is 2.86. The molecule has 6 heteroatoms. The summed E-state index contributed by atoms with van der Waals surface area (Å²) in [5, 5.41) is 10.3. The van der Waals surface area contributed by atoms with Crippen LogP contribution in [0.25, 0.3) is 11.5 Å². The molecule has 1 heterocycles. The zero-order valence-corrected chi connectivity index (χ0v) is 11.2. The molecule has 2 aromatic rings. The Balaban J connectivity index is 1.90. The van der Waals surface area contributed by atoms with Crippen molar-refractivity contribution in [3.63, 3.8) is 0 Å². The van der Waals surface area contributed by atoms with Gasteiger partial charge in [-0.2, -0.15) is 0 Å². The average molecular weight is 274 g/mol. The first-order valence-corrected chi connectivity index (χ1v) is 6.66. The predicted molar refractivity (Wildman–Crippen MR) is 75.9 cm³/mol. The Morgan fingerprint density at radius 1 is 1.30 bits per heavy atom. The monoisotopic (exact) mass is 274 g/mol. The van der Waals surface area contributed by atoms with Crippen molar-refractivity contribution >= 4 is 11.6 Å². The van der Waals surface area contributed by atoms with Gasteiger partial charge in [0.1, 0.15) is 0 Å². The van der Waals surface area contributed by atoms with E-state index in [9.17, 15) is 4.79 Å². The molecular formula is C14H18N4O2. The molecule has 1 aromatic heterocycles. The molecule has 0 saturated heterocycles. The fourth-order valence-electron chi connectivity index (χ4n) is 1.86. The number of amides is 1. The highest BCUT2D eigenvalue weighted by Gasteiger charge is 2.06. The smallest absolute Gasteiger partial charge is 0.247 e. The van der Waals surface area contributed by atoms with Crippen LogP contribution in [0.15, 0.2) is 35.1 Å². The largest absolute Gasteiger partial charge is 0.423 e. The van der Waals surface area contributed by atoms with Gasteiger partial charge < -0.3 is 15.5 Å². The minimum absolute atomic E-state index is 0.00435. The van der Waals surface area contributed by atoms with Gasteiger partial charge in [-0.15, -0.1) is 10.2 Å². The SMILES string of the molecule is NCCCCCC(=O)Nc1cccc(-c2nnco2)c1. The summed E-state index contributed by atoms with van der Waals surface area (Å²) in [6, 6.07) is 7.33. The number of aromatic nitrogens is 2. The van der Waals surface area contributed by atoms with Crippen LogP contribution in [0.4, 0.5) is 5.69 Å². The number of anilines is 1. The Hall–Kier alpha value is -2.21. The number of nitrogens with two attached hydrogens (primary N) is 1. The quantitative estimate of drug-likeness (QED) is 0.755. The summed E-state index contributed by atoms with van der Waals surface area (Å²) in [5.41, 5.74) is 6.92. The number of carbonyl (C=O) groups is 1. The molecule has 0 unspecified atom stereocenters. The van der Waals surface area contributed by atoms with Crippen molar-refractivity contribution < 1.29 is 9.21 Å². The van der Waals surface area contributed by atoms with Crippen LogP contribution in [0.3, 0.4) is 0 Å². The first-order chi connectivity index (χ1) is 9.79. The minimum Gasteiger partial charge on any atom is -0.423 e. The summed E-state index contributed by atoms with van der Waals surface area (Å²) < 4.78 is 5.12. The van der Waals surface area contributed by atoms with Gasteiger partial charge in [0.25, 0.3) is 0 Å². The molecular weight excluding hydrogens is 256 g/mol. The van der Waals surface area contributed by atoms with E-state index in [2.05, 4.69) is 15.5 Å². The van der Waals surface area contributed by atoms with Crippen LogP contribution in [-0.2, 0) is 4.79 Å². The third kappa shape index (κ3) is 4.17. The Morgan fingerprint density at radius 3 is 2.95 bits per heavy atom. The maximum Gasteiger partial charge on any atom is 0.247 e. The first kappa shape index (κ1) is 14.2. The topological polar surface area (TPSA) is 94.0 Å². The van der Waals surface area contributed by atoms with Gasteiger partial charge in [0.05, 0.1) is 0 Å². The molecule has 2 rings (SSSR count). The predicted octanol–water partition coefficient (Wildman–Crippen LogP) is 2.19. The molecule has 0 aliphatic heterocycles. The molecule has 0 saturated carbocycles. The molecule has 0 radical (unpaired) electrons. The molecule has 1 amide bonds. The number of benzene rings is 1. The van der Waals surface area contributed by atoms with E-state index in [-0.39, 0.29) is 5.91 Å². The summed E-state index contributed by atoms with van der Waals surface area (Å²) in [5.74, 6) is 0.439. The molecule has 0 atom stereocenters. The van der Waals surface area contributed by atoms with Crippen LogP contribution in [0.5, 0.6) is 0 Å². The van der Waals surface area contributed by atoms with Crippen molar-refractivity contribution in [3.05, 3.63) is 30.7 Å². The standard InChI is InChI=1S/C14H18N4O2/c15-8-3-1-2-7-13(19)17-12-6-4-5-11(9-12)14-18-16-10-20-14/h4-6,9-10H,1-3,7-8,15H2,(H,17,19). The van der Waals surface area contributed by atoms with Crippen LogP contribution < -0.4 is 11.1 Å². The molecule has 0 aliphatic carbocycles. The molecule has 1 aromatic carbocycles. The Kier molecular flexibility index (Phi) is 5.25. The van der Waals surface area contributed by atoms with Gasteiger partial charge in [-0.1, -0.05) is 12.5 Å². The Morgan fingerprint density at radius 2 is 2.20 bits per heavy atom. The molecule has 0 aliphatic rings. The first-order valence-electron chi connectivity index (χ1n) is 6.66. The summed E-state index contributed by atoms with van der Waals surface area (Å²) in [4.78, 5) is 11.8. The van der Waals surface area contributed by atoms with Crippen molar-refractivity contribution in [1.29, 1.82) is 0 Å². The minimum atomic E-state index is 0.00435. The maximum atomic E-state index is 11.8. The second-order valence-corrected chi connectivity index (χ2v) is 4.47. The zero-order valence-electron chi connectivity index (χ0n) is 11.2. The number of nitrogens with one attached hydrogen (secondary N) is 1. The van der Waals surface area contributed by atoms with Crippen molar-refractivity contribution in [3.8, 4) is 11.5 Å². The summed E-state index contributed by atoms with van der Waals surface area (Å²) in [6.45, 7) is 0.674. The fraction of sp³-hybridized carbons (Fsp3) is 0.357. The molecule has 106 valence electrons. The average Bonchev–Trinajstić information content (AvgIpc) is 2.98. The van der Waals surface area contributed by atoms with E-state index in [0.717, 1.165) is 30.5 Å². The van der Waals surface area contributed by atoms with Crippen LogP contribution >= 0.6 is 0 Å². The van der Waals surface area contributed by atoms with Crippen LogP contribution in [0, 0.1) is 0 Å². The third-order valence-electron chi connectivity index (χ3n) is 2.86.